The van der Waals surface area contributed by atoms with Crippen LogP contribution >= 0.6 is 0 Å². The fourth-order valence-corrected chi connectivity index (χ4v) is 4.83. The number of anilines is 1. The van der Waals surface area contributed by atoms with Gasteiger partial charge in [-0.05, 0) is 49.8 Å². The maximum Gasteiger partial charge on any atom is 0.341 e. The van der Waals surface area contributed by atoms with Gasteiger partial charge in [-0.15, -0.1) is 5.10 Å². The minimum absolute atomic E-state index is 0.0240. The first-order valence-electron chi connectivity index (χ1n) is 12.5. The average molecular weight is 503 g/mol. The lowest BCUT2D eigenvalue weighted by atomic mass is 9.82. The Morgan fingerprint density at radius 3 is 2.57 bits per heavy atom. The Morgan fingerprint density at radius 1 is 1.14 bits per heavy atom. The first kappa shape index (κ1) is 24.6. The molecule has 0 aliphatic heterocycles. The van der Waals surface area contributed by atoms with Crippen molar-refractivity contribution in [2.45, 2.75) is 32.6 Å². The quantitative estimate of drug-likeness (QED) is 0.386. The van der Waals surface area contributed by atoms with Gasteiger partial charge in [0.1, 0.15) is 5.56 Å². The molecule has 3 heterocycles. The summed E-state index contributed by atoms with van der Waals surface area (Å²) in [5, 5.41) is 19.1. The number of rotatable bonds is 8. The van der Waals surface area contributed by atoms with Crippen molar-refractivity contribution >= 4 is 23.3 Å². The third-order valence-corrected chi connectivity index (χ3v) is 6.99. The van der Waals surface area contributed by atoms with Crippen LogP contribution in [0.15, 0.2) is 55.0 Å². The second-order valence-corrected chi connectivity index (χ2v) is 9.55. The highest BCUT2D eigenvalue weighted by Gasteiger charge is 2.32. The summed E-state index contributed by atoms with van der Waals surface area (Å²) >= 11 is 0. The zero-order valence-corrected chi connectivity index (χ0v) is 20.9. The van der Waals surface area contributed by atoms with Gasteiger partial charge in [-0.3, -0.25) is 9.69 Å². The summed E-state index contributed by atoms with van der Waals surface area (Å²) in [4.78, 5) is 31.5. The van der Waals surface area contributed by atoms with Crippen LogP contribution in [0.1, 0.15) is 43.0 Å². The van der Waals surface area contributed by atoms with Crippen molar-refractivity contribution < 1.29 is 19.4 Å². The van der Waals surface area contributed by atoms with E-state index in [0.29, 0.717) is 11.6 Å². The summed E-state index contributed by atoms with van der Waals surface area (Å²) < 4.78 is 8.44. The van der Waals surface area contributed by atoms with Gasteiger partial charge in [0.05, 0.1) is 24.5 Å². The molecule has 0 spiro atoms. The third-order valence-electron chi connectivity index (χ3n) is 6.99. The number of carbonyl (C=O) groups is 2. The summed E-state index contributed by atoms with van der Waals surface area (Å²) in [6.07, 6.45) is 8.59. The molecule has 37 heavy (non-hydrogen) atoms. The van der Waals surface area contributed by atoms with Gasteiger partial charge in [-0.2, -0.15) is 5.10 Å². The molecule has 10 nitrogen and oxygen atoms in total. The first-order chi connectivity index (χ1) is 17.9. The van der Waals surface area contributed by atoms with Crippen molar-refractivity contribution in [3.8, 4) is 16.9 Å². The number of amides is 1. The van der Waals surface area contributed by atoms with Crippen LogP contribution in [0.3, 0.4) is 0 Å². The predicted octanol–water partition coefficient (Wildman–Crippen LogP) is 4.09. The molecule has 1 aliphatic carbocycles. The molecular formula is C27H30N6O4. The van der Waals surface area contributed by atoms with Gasteiger partial charge < -0.3 is 9.84 Å². The van der Waals surface area contributed by atoms with Crippen LogP contribution in [-0.4, -0.2) is 61.6 Å². The number of aromatic carboxylic acids is 1. The minimum Gasteiger partial charge on any atom is -0.477 e. The summed E-state index contributed by atoms with van der Waals surface area (Å²) in [5.41, 5.74) is 3.06. The number of carboxylic acid groups (broad SMARTS) is 1. The molecule has 1 aliphatic rings. The lowest BCUT2D eigenvalue weighted by Crippen LogP contribution is -2.40. The topological polar surface area (TPSA) is 115 Å². The second kappa shape index (κ2) is 10.5. The molecule has 0 unspecified atom stereocenters. The number of ether oxygens (including phenoxy) is 1. The smallest absolute Gasteiger partial charge is 0.341 e. The van der Waals surface area contributed by atoms with Crippen LogP contribution in [0, 0.1) is 11.8 Å². The molecule has 192 valence electrons. The molecule has 10 heteroatoms. The van der Waals surface area contributed by atoms with Crippen molar-refractivity contribution in [1.82, 2.24) is 24.4 Å². The van der Waals surface area contributed by atoms with Crippen LogP contribution in [-0.2, 0) is 9.53 Å². The normalized spacial score (nSPS) is 17.7. The molecule has 1 N–H and O–H groups in total. The van der Waals surface area contributed by atoms with Crippen LogP contribution in [0.5, 0.6) is 0 Å². The van der Waals surface area contributed by atoms with Crippen molar-refractivity contribution in [3.05, 3.63) is 60.6 Å². The molecule has 1 fully saturated rings. The lowest BCUT2D eigenvalue weighted by Gasteiger charge is -2.30. The molecule has 0 atom stereocenters. The number of fused-ring (bicyclic) bond motifs is 1. The van der Waals surface area contributed by atoms with Crippen molar-refractivity contribution in [3.63, 3.8) is 0 Å². The monoisotopic (exact) mass is 502 g/mol. The van der Waals surface area contributed by atoms with Crippen LogP contribution in [0.2, 0.25) is 0 Å². The standard InChI is InChI=1S/C27H30N6O4/c1-18-4-6-20(7-5-18)26(34)31(14-15-37-2)25-22(27(35)36)17-33(30-25)21-10-8-19(9-11-21)23-16-24-28-12-3-13-32(24)29-23/h3,8-13,16-18,20H,4-7,14-15H2,1-2H3,(H,35,36)/t18-,20-. The zero-order valence-electron chi connectivity index (χ0n) is 20.9. The SMILES string of the molecule is COCCN(c1nn(-c2ccc(-c3cc4ncccn4n3)cc2)cc1C(=O)O)C(=O)[C@H]1CC[C@H](C)CC1. The molecule has 0 radical (unpaired) electrons. The van der Waals surface area contributed by atoms with Crippen LogP contribution in [0.25, 0.3) is 22.6 Å². The maximum absolute atomic E-state index is 13.5. The highest BCUT2D eigenvalue weighted by Crippen LogP contribution is 2.32. The molecular weight excluding hydrogens is 472 g/mol. The van der Waals surface area contributed by atoms with Gasteiger partial charge in [-0.1, -0.05) is 19.1 Å². The lowest BCUT2D eigenvalue weighted by molar-refractivity contribution is -0.123. The molecule has 1 saturated carbocycles. The number of carbonyl (C=O) groups excluding carboxylic acids is 1. The molecule has 1 amide bonds. The Hall–Kier alpha value is -4.05. The van der Waals surface area contributed by atoms with Gasteiger partial charge in [0.15, 0.2) is 11.5 Å². The van der Waals surface area contributed by atoms with Crippen molar-refractivity contribution in [2.75, 3.05) is 25.2 Å². The maximum atomic E-state index is 13.5. The number of methoxy groups -OCH3 is 1. The van der Waals surface area contributed by atoms with E-state index in [2.05, 4.69) is 22.1 Å². The Labute approximate surface area is 214 Å². The van der Waals surface area contributed by atoms with E-state index in [-0.39, 0.29) is 36.4 Å². The summed E-state index contributed by atoms with van der Waals surface area (Å²) in [6, 6.07) is 11.2. The van der Waals surface area contributed by atoms with Crippen LogP contribution < -0.4 is 4.90 Å². The Morgan fingerprint density at radius 2 is 1.89 bits per heavy atom. The van der Waals surface area contributed by atoms with E-state index in [4.69, 9.17) is 4.74 Å². The highest BCUT2D eigenvalue weighted by molar-refractivity contribution is 6.01. The minimum atomic E-state index is -1.14. The highest BCUT2D eigenvalue weighted by atomic mass is 16.5. The zero-order chi connectivity index (χ0) is 25.9. The molecule has 0 saturated heterocycles. The molecule has 4 aromatic rings. The number of carboxylic acids is 1. The number of hydrogen-bond acceptors (Lipinski definition) is 6. The first-order valence-corrected chi connectivity index (χ1v) is 12.5. The van der Waals surface area contributed by atoms with E-state index < -0.39 is 5.97 Å². The van der Waals surface area contributed by atoms with E-state index in [1.807, 2.05) is 42.6 Å². The van der Waals surface area contributed by atoms with Gasteiger partial charge in [0.25, 0.3) is 0 Å². The Balaban J connectivity index is 1.45. The van der Waals surface area contributed by atoms with Crippen LogP contribution in [0.4, 0.5) is 5.82 Å². The van der Waals surface area contributed by atoms with E-state index in [9.17, 15) is 14.7 Å². The van der Waals surface area contributed by atoms with Gasteiger partial charge in [0.2, 0.25) is 5.91 Å². The Bertz CT molecular complexity index is 1370. The molecule has 3 aromatic heterocycles. The fourth-order valence-electron chi connectivity index (χ4n) is 4.83. The van der Waals surface area contributed by atoms with Crippen molar-refractivity contribution in [1.29, 1.82) is 0 Å². The van der Waals surface area contributed by atoms with Gasteiger partial charge in [0, 0.05) is 43.2 Å². The summed E-state index contributed by atoms with van der Waals surface area (Å²) in [6.45, 7) is 2.72. The van der Waals surface area contributed by atoms with E-state index in [1.54, 1.807) is 17.8 Å². The van der Waals surface area contributed by atoms with Gasteiger partial charge >= 0.3 is 5.97 Å². The third kappa shape index (κ3) is 5.10. The summed E-state index contributed by atoms with van der Waals surface area (Å²) in [7, 11) is 1.56. The van der Waals surface area contributed by atoms with E-state index in [1.165, 1.54) is 15.8 Å². The molecule has 5 rings (SSSR count). The largest absolute Gasteiger partial charge is 0.477 e. The number of nitrogens with zero attached hydrogens (tertiary/aromatic N) is 6. The average Bonchev–Trinajstić information content (AvgIpc) is 3.55. The summed E-state index contributed by atoms with van der Waals surface area (Å²) in [5.74, 6) is -0.622. The predicted molar refractivity (Wildman–Crippen MR) is 138 cm³/mol. The van der Waals surface area contributed by atoms with Crippen molar-refractivity contribution in [2.24, 2.45) is 11.8 Å². The van der Waals surface area contributed by atoms with E-state index >= 15 is 0 Å². The number of benzene rings is 1. The van der Waals surface area contributed by atoms with Gasteiger partial charge in [-0.25, -0.2) is 19.0 Å². The molecule has 1 aromatic carbocycles. The Kier molecular flexibility index (Phi) is 7.00. The number of aromatic nitrogens is 5. The fraction of sp³-hybridized carbons (Fsp3) is 0.370. The molecule has 0 bridgehead atoms. The number of hydrogen-bond donors (Lipinski definition) is 1. The van der Waals surface area contributed by atoms with E-state index in [0.717, 1.165) is 42.6 Å². The second-order valence-electron chi connectivity index (χ2n) is 9.55.